The summed E-state index contributed by atoms with van der Waals surface area (Å²) < 4.78 is 5.53. The lowest BCUT2D eigenvalue weighted by Crippen LogP contribution is -2.51. The second-order valence-corrected chi connectivity index (χ2v) is 8.61. The molecule has 2 atom stereocenters. The molecule has 0 bridgehead atoms. The zero-order valence-electron chi connectivity index (χ0n) is 19.8. The minimum atomic E-state index is -1.12. The zero-order chi connectivity index (χ0) is 25.2. The van der Waals surface area contributed by atoms with Crippen molar-refractivity contribution in [1.82, 2.24) is 10.6 Å². The summed E-state index contributed by atoms with van der Waals surface area (Å²) in [6.07, 6.45) is 1.78. The van der Waals surface area contributed by atoms with Crippen LogP contribution in [-0.2, 0) is 14.3 Å². The number of fused-ring (bicyclic) bond motifs is 3. The highest BCUT2D eigenvalue weighted by molar-refractivity contribution is 5.89. The molecule has 0 aliphatic heterocycles. The summed E-state index contributed by atoms with van der Waals surface area (Å²) in [5.41, 5.74) is 4.37. The SMILES string of the molecule is CCCCC(NC(=O)C(CCCC#N)NC(=O)OCC1c2ccccc2-c2ccccc21)C(=O)O. The maximum absolute atomic E-state index is 12.8. The van der Waals surface area contributed by atoms with Crippen molar-refractivity contribution in [3.63, 3.8) is 0 Å². The lowest BCUT2D eigenvalue weighted by Gasteiger charge is -2.22. The molecule has 184 valence electrons. The van der Waals surface area contributed by atoms with Crippen LogP contribution in [0.3, 0.4) is 0 Å². The van der Waals surface area contributed by atoms with E-state index in [1.165, 1.54) is 0 Å². The van der Waals surface area contributed by atoms with Gasteiger partial charge in [-0.15, -0.1) is 0 Å². The molecular weight excluding hydrogens is 446 g/mol. The summed E-state index contributed by atoms with van der Waals surface area (Å²) in [4.78, 5) is 37.0. The van der Waals surface area contributed by atoms with E-state index in [0.29, 0.717) is 19.3 Å². The number of nitrogens with zero attached hydrogens (tertiary/aromatic N) is 1. The number of carbonyl (C=O) groups is 3. The standard InChI is InChI=1S/C27H31N3O5/c1-2-3-14-24(26(32)33)29-25(31)23(15-8-9-16-28)30-27(34)35-17-22-20-12-6-4-10-18(20)19-11-5-7-13-21(19)22/h4-7,10-13,22-24H,2-3,8-9,14-15,17H2,1H3,(H,29,31)(H,30,34)(H,32,33). The highest BCUT2D eigenvalue weighted by atomic mass is 16.5. The van der Waals surface area contributed by atoms with Gasteiger partial charge in [0.15, 0.2) is 0 Å². The van der Waals surface area contributed by atoms with Crippen LogP contribution in [0.15, 0.2) is 48.5 Å². The normalized spacial score (nSPS) is 13.6. The maximum atomic E-state index is 12.8. The van der Waals surface area contributed by atoms with Gasteiger partial charge < -0.3 is 20.5 Å². The highest BCUT2D eigenvalue weighted by Gasteiger charge is 2.30. The lowest BCUT2D eigenvalue weighted by atomic mass is 9.98. The average molecular weight is 478 g/mol. The quantitative estimate of drug-likeness (QED) is 0.390. The van der Waals surface area contributed by atoms with Crippen molar-refractivity contribution in [2.24, 2.45) is 0 Å². The molecule has 0 fully saturated rings. The van der Waals surface area contributed by atoms with Crippen LogP contribution in [0.1, 0.15) is 62.5 Å². The molecule has 1 aliphatic rings. The number of hydrogen-bond acceptors (Lipinski definition) is 5. The van der Waals surface area contributed by atoms with Crippen LogP contribution < -0.4 is 10.6 Å². The summed E-state index contributed by atoms with van der Waals surface area (Å²) in [7, 11) is 0. The monoisotopic (exact) mass is 477 g/mol. The predicted octanol–water partition coefficient (Wildman–Crippen LogP) is 4.35. The third kappa shape index (κ3) is 6.60. The Morgan fingerprint density at radius 3 is 2.14 bits per heavy atom. The smallest absolute Gasteiger partial charge is 0.407 e. The highest BCUT2D eigenvalue weighted by Crippen LogP contribution is 2.44. The first kappa shape index (κ1) is 25.8. The molecule has 3 rings (SSSR count). The Labute approximate surface area is 205 Å². The van der Waals surface area contributed by atoms with Gasteiger partial charge >= 0.3 is 12.1 Å². The van der Waals surface area contributed by atoms with Gasteiger partial charge in [-0.25, -0.2) is 9.59 Å². The Bertz CT molecular complexity index is 1050. The first-order valence-electron chi connectivity index (χ1n) is 12.0. The van der Waals surface area contributed by atoms with Crippen LogP contribution in [0.25, 0.3) is 11.1 Å². The number of ether oxygens (including phenoxy) is 1. The molecule has 3 N–H and O–H groups in total. The van der Waals surface area contributed by atoms with Crippen molar-refractivity contribution >= 4 is 18.0 Å². The van der Waals surface area contributed by atoms with E-state index in [2.05, 4.69) is 10.6 Å². The van der Waals surface area contributed by atoms with Gasteiger partial charge in [-0.05, 0) is 41.5 Å². The molecule has 0 aromatic heterocycles. The summed E-state index contributed by atoms with van der Waals surface area (Å²) in [6.45, 7) is 2.03. The summed E-state index contributed by atoms with van der Waals surface area (Å²) in [5.74, 6) is -1.84. The minimum absolute atomic E-state index is 0.0979. The van der Waals surface area contributed by atoms with Crippen LogP contribution in [0, 0.1) is 11.3 Å². The molecule has 1 aliphatic carbocycles. The van der Waals surface area contributed by atoms with Crippen molar-refractivity contribution in [2.45, 2.75) is 63.5 Å². The van der Waals surface area contributed by atoms with E-state index in [9.17, 15) is 19.5 Å². The molecule has 2 aromatic rings. The Hall–Kier alpha value is -3.86. The van der Waals surface area contributed by atoms with Crippen molar-refractivity contribution in [3.8, 4) is 17.2 Å². The number of hydrogen-bond donors (Lipinski definition) is 3. The number of aliphatic carboxylic acids is 1. The summed E-state index contributed by atoms with van der Waals surface area (Å²) in [6, 6.07) is 15.9. The molecule has 0 saturated carbocycles. The van der Waals surface area contributed by atoms with E-state index in [1.54, 1.807) is 0 Å². The third-order valence-corrected chi connectivity index (χ3v) is 6.19. The number of benzene rings is 2. The van der Waals surface area contributed by atoms with Crippen LogP contribution in [-0.4, -0.2) is 41.8 Å². The van der Waals surface area contributed by atoms with E-state index in [0.717, 1.165) is 28.7 Å². The molecule has 0 spiro atoms. The second kappa shape index (κ2) is 12.6. The number of carboxylic acids is 1. The largest absolute Gasteiger partial charge is 0.480 e. The van der Waals surface area contributed by atoms with E-state index in [-0.39, 0.29) is 25.4 Å². The number of amides is 2. The molecule has 8 nitrogen and oxygen atoms in total. The van der Waals surface area contributed by atoms with Crippen LogP contribution in [0.2, 0.25) is 0 Å². The molecular formula is C27H31N3O5. The fourth-order valence-electron chi connectivity index (χ4n) is 4.37. The van der Waals surface area contributed by atoms with Gasteiger partial charge in [0.25, 0.3) is 0 Å². The van der Waals surface area contributed by atoms with Crippen molar-refractivity contribution in [1.29, 1.82) is 5.26 Å². The molecule has 2 aromatic carbocycles. The maximum Gasteiger partial charge on any atom is 0.407 e. The van der Waals surface area contributed by atoms with Crippen molar-refractivity contribution in [3.05, 3.63) is 59.7 Å². The van der Waals surface area contributed by atoms with Gasteiger partial charge in [0.2, 0.25) is 5.91 Å². The zero-order valence-corrected chi connectivity index (χ0v) is 19.8. The first-order valence-corrected chi connectivity index (χ1v) is 12.0. The van der Waals surface area contributed by atoms with E-state index >= 15 is 0 Å². The van der Waals surface area contributed by atoms with Crippen molar-refractivity contribution in [2.75, 3.05) is 6.61 Å². The fourth-order valence-corrected chi connectivity index (χ4v) is 4.37. The number of nitrogens with one attached hydrogen (secondary N) is 2. The molecule has 0 saturated heterocycles. The van der Waals surface area contributed by atoms with Gasteiger partial charge in [-0.2, -0.15) is 5.26 Å². The van der Waals surface area contributed by atoms with Crippen LogP contribution in [0.5, 0.6) is 0 Å². The number of carboxylic acid groups (broad SMARTS) is 1. The van der Waals surface area contributed by atoms with E-state index in [4.69, 9.17) is 10.00 Å². The number of rotatable bonds is 12. The number of carbonyl (C=O) groups excluding carboxylic acids is 2. The second-order valence-electron chi connectivity index (χ2n) is 8.61. The Kier molecular flexibility index (Phi) is 9.24. The summed E-state index contributed by atoms with van der Waals surface area (Å²) >= 11 is 0. The van der Waals surface area contributed by atoms with Crippen LogP contribution in [0.4, 0.5) is 4.79 Å². The average Bonchev–Trinajstić information content (AvgIpc) is 3.18. The van der Waals surface area contributed by atoms with E-state index < -0.39 is 30.1 Å². The minimum Gasteiger partial charge on any atom is -0.480 e. The molecule has 0 heterocycles. The first-order chi connectivity index (χ1) is 17.0. The molecule has 35 heavy (non-hydrogen) atoms. The van der Waals surface area contributed by atoms with Gasteiger partial charge in [-0.3, -0.25) is 4.79 Å². The fraction of sp³-hybridized carbons (Fsp3) is 0.407. The van der Waals surface area contributed by atoms with Gasteiger partial charge in [0, 0.05) is 12.3 Å². The van der Waals surface area contributed by atoms with Gasteiger partial charge in [-0.1, -0.05) is 68.3 Å². The molecule has 8 heteroatoms. The summed E-state index contributed by atoms with van der Waals surface area (Å²) in [5, 5.41) is 23.4. The number of nitriles is 1. The molecule has 0 radical (unpaired) electrons. The Balaban J connectivity index is 1.65. The molecule has 2 unspecified atom stereocenters. The van der Waals surface area contributed by atoms with Crippen LogP contribution >= 0.6 is 0 Å². The molecule has 2 amide bonds. The van der Waals surface area contributed by atoms with E-state index in [1.807, 2.05) is 61.5 Å². The third-order valence-electron chi connectivity index (χ3n) is 6.19. The van der Waals surface area contributed by atoms with Gasteiger partial charge in [0.1, 0.15) is 18.7 Å². The van der Waals surface area contributed by atoms with Crippen molar-refractivity contribution < 1.29 is 24.2 Å². The topological polar surface area (TPSA) is 129 Å². The number of alkyl carbamates (subject to hydrolysis) is 1. The predicted molar refractivity (Wildman–Crippen MR) is 131 cm³/mol. The van der Waals surface area contributed by atoms with Gasteiger partial charge in [0.05, 0.1) is 6.07 Å². The number of unbranched alkanes of at least 4 members (excludes halogenated alkanes) is 2. The Morgan fingerprint density at radius 1 is 0.971 bits per heavy atom. The lowest BCUT2D eigenvalue weighted by molar-refractivity contribution is -0.142. The Morgan fingerprint density at radius 2 is 1.57 bits per heavy atom.